The average Bonchev–Trinajstić information content (AvgIpc) is 3.02. The van der Waals surface area contributed by atoms with E-state index >= 15 is 0 Å². The molecule has 20 heavy (non-hydrogen) atoms. The van der Waals surface area contributed by atoms with Gasteiger partial charge in [0.05, 0.1) is 11.3 Å². The normalized spacial score (nSPS) is 18.1. The summed E-state index contributed by atoms with van der Waals surface area (Å²) in [4.78, 5) is 15.5. The van der Waals surface area contributed by atoms with Crippen LogP contribution in [0.3, 0.4) is 0 Å². The molecule has 1 aromatic carbocycles. The lowest BCUT2D eigenvalue weighted by Gasteiger charge is -2.10. The molecular weight excluding hydrogens is 252 g/mol. The van der Waals surface area contributed by atoms with Crippen LogP contribution in [0.5, 0.6) is 0 Å². The largest absolute Gasteiger partial charge is 0.478 e. The highest BCUT2D eigenvalue weighted by molar-refractivity contribution is 5.89. The van der Waals surface area contributed by atoms with Crippen molar-refractivity contribution in [3.05, 3.63) is 53.9 Å². The molecule has 1 fully saturated rings. The van der Waals surface area contributed by atoms with Crippen molar-refractivity contribution in [3.8, 4) is 11.1 Å². The second-order valence-electron chi connectivity index (χ2n) is 5.01. The number of hydrogen-bond donors (Lipinski definition) is 2. The van der Waals surface area contributed by atoms with E-state index in [4.69, 9.17) is 5.11 Å². The van der Waals surface area contributed by atoms with Crippen LogP contribution in [0.1, 0.15) is 34.9 Å². The van der Waals surface area contributed by atoms with Crippen molar-refractivity contribution in [3.63, 3.8) is 0 Å². The van der Waals surface area contributed by atoms with Crippen molar-refractivity contribution in [2.75, 3.05) is 6.54 Å². The quantitative estimate of drug-likeness (QED) is 0.898. The third-order valence-corrected chi connectivity index (χ3v) is 3.65. The third kappa shape index (κ3) is 2.56. The number of hydrogen-bond acceptors (Lipinski definition) is 3. The Balaban J connectivity index is 1.87. The number of nitrogens with one attached hydrogen (secondary N) is 1. The zero-order valence-corrected chi connectivity index (χ0v) is 11.0. The molecule has 1 saturated heterocycles. The van der Waals surface area contributed by atoms with Crippen LogP contribution >= 0.6 is 0 Å². The Bertz CT molecular complexity index is 617. The molecule has 1 unspecified atom stereocenters. The van der Waals surface area contributed by atoms with Crippen LogP contribution in [0.15, 0.2) is 42.6 Å². The van der Waals surface area contributed by atoms with Gasteiger partial charge in [0.2, 0.25) is 0 Å². The number of carbonyl (C=O) groups is 1. The van der Waals surface area contributed by atoms with Gasteiger partial charge in [-0.3, -0.25) is 4.98 Å². The van der Waals surface area contributed by atoms with Crippen molar-refractivity contribution in [2.45, 2.75) is 18.9 Å². The molecule has 1 aromatic heterocycles. The molecule has 0 radical (unpaired) electrons. The van der Waals surface area contributed by atoms with Gasteiger partial charge in [-0.15, -0.1) is 0 Å². The molecule has 1 aliphatic rings. The topological polar surface area (TPSA) is 62.2 Å². The first-order chi connectivity index (χ1) is 9.74. The molecule has 102 valence electrons. The minimum absolute atomic E-state index is 0.295. The van der Waals surface area contributed by atoms with Gasteiger partial charge in [0, 0.05) is 17.8 Å². The lowest BCUT2D eigenvalue weighted by molar-refractivity contribution is 0.0697. The van der Waals surface area contributed by atoms with Gasteiger partial charge in [0.25, 0.3) is 0 Å². The highest BCUT2D eigenvalue weighted by Gasteiger charge is 2.17. The first kappa shape index (κ1) is 12.8. The Morgan fingerprint density at radius 3 is 2.80 bits per heavy atom. The van der Waals surface area contributed by atoms with Crippen LogP contribution in [-0.4, -0.2) is 22.6 Å². The van der Waals surface area contributed by atoms with Crippen LogP contribution in [0.4, 0.5) is 0 Å². The molecule has 0 bridgehead atoms. The number of rotatable bonds is 3. The summed E-state index contributed by atoms with van der Waals surface area (Å²) < 4.78 is 0. The fourth-order valence-corrected chi connectivity index (χ4v) is 2.55. The van der Waals surface area contributed by atoms with Gasteiger partial charge in [-0.2, -0.15) is 0 Å². The minimum Gasteiger partial charge on any atom is -0.478 e. The molecule has 1 aliphatic heterocycles. The molecule has 4 nitrogen and oxygen atoms in total. The summed E-state index contributed by atoms with van der Waals surface area (Å²) in [6.07, 6.45) is 4.13. The van der Waals surface area contributed by atoms with Gasteiger partial charge >= 0.3 is 5.97 Å². The fourth-order valence-electron chi connectivity index (χ4n) is 2.55. The molecule has 2 aromatic rings. The van der Waals surface area contributed by atoms with Gasteiger partial charge in [-0.05, 0) is 43.1 Å². The fraction of sp³-hybridized carbons (Fsp3) is 0.250. The maximum Gasteiger partial charge on any atom is 0.335 e. The molecule has 0 spiro atoms. The lowest BCUT2D eigenvalue weighted by Crippen LogP contribution is -2.13. The van der Waals surface area contributed by atoms with Crippen molar-refractivity contribution in [1.82, 2.24) is 10.3 Å². The predicted molar refractivity (Wildman–Crippen MR) is 76.6 cm³/mol. The van der Waals surface area contributed by atoms with E-state index in [-0.39, 0.29) is 0 Å². The first-order valence-corrected chi connectivity index (χ1v) is 6.77. The average molecular weight is 268 g/mol. The Morgan fingerprint density at radius 1 is 1.25 bits per heavy atom. The molecular formula is C16H16N2O2. The van der Waals surface area contributed by atoms with Crippen LogP contribution < -0.4 is 5.32 Å². The smallest absolute Gasteiger partial charge is 0.335 e. The van der Waals surface area contributed by atoms with E-state index in [0.29, 0.717) is 11.6 Å². The van der Waals surface area contributed by atoms with Gasteiger partial charge < -0.3 is 10.4 Å². The summed E-state index contributed by atoms with van der Waals surface area (Å²) in [5.41, 5.74) is 3.17. The monoisotopic (exact) mass is 268 g/mol. The number of carboxylic acids is 1. The maximum absolute atomic E-state index is 11.0. The molecule has 4 heteroatoms. The van der Waals surface area contributed by atoms with E-state index in [1.807, 2.05) is 24.4 Å². The molecule has 0 aliphatic carbocycles. The lowest BCUT2D eigenvalue weighted by atomic mass is 10.0. The number of aromatic carboxylic acids is 1. The molecule has 3 rings (SSSR count). The van der Waals surface area contributed by atoms with Gasteiger partial charge in [0.1, 0.15) is 0 Å². The first-order valence-electron chi connectivity index (χ1n) is 6.77. The number of carboxylic acid groups (broad SMARTS) is 1. The Kier molecular flexibility index (Phi) is 3.48. The summed E-state index contributed by atoms with van der Waals surface area (Å²) in [5.74, 6) is -0.911. The third-order valence-electron chi connectivity index (χ3n) is 3.65. The van der Waals surface area contributed by atoms with E-state index in [2.05, 4.69) is 10.3 Å². The summed E-state index contributed by atoms with van der Waals surface area (Å²) in [6, 6.07) is 11.3. The Morgan fingerprint density at radius 2 is 2.15 bits per heavy atom. The van der Waals surface area contributed by atoms with Crippen molar-refractivity contribution in [1.29, 1.82) is 0 Å². The number of aromatic nitrogens is 1. The van der Waals surface area contributed by atoms with Crippen molar-refractivity contribution >= 4 is 5.97 Å². The molecule has 0 saturated carbocycles. The van der Waals surface area contributed by atoms with Gasteiger partial charge in [-0.1, -0.05) is 18.2 Å². The van der Waals surface area contributed by atoms with Crippen LogP contribution in [-0.2, 0) is 0 Å². The minimum atomic E-state index is -0.911. The SMILES string of the molecule is O=C(O)c1cccc(-c2ccc(C3CCCN3)nc2)c1. The van der Waals surface area contributed by atoms with E-state index in [9.17, 15) is 4.79 Å². The van der Waals surface area contributed by atoms with Crippen LogP contribution in [0, 0.1) is 0 Å². The molecule has 1 atom stereocenters. The summed E-state index contributed by atoms with van der Waals surface area (Å²) in [5, 5.41) is 12.4. The van der Waals surface area contributed by atoms with Crippen LogP contribution in [0.2, 0.25) is 0 Å². The van der Waals surface area contributed by atoms with E-state index in [0.717, 1.165) is 29.8 Å². The summed E-state index contributed by atoms with van der Waals surface area (Å²) in [7, 11) is 0. The zero-order valence-electron chi connectivity index (χ0n) is 11.0. The molecule has 2 heterocycles. The van der Waals surface area contributed by atoms with E-state index in [1.165, 1.54) is 6.42 Å². The standard InChI is InChI=1S/C16H16N2O2/c19-16(20)12-4-1-3-11(9-12)13-6-7-15(18-10-13)14-5-2-8-17-14/h1,3-4,6-7,9-10,14,17H,2,5,8H2,(H,19,20). The van der Waals surface area contributed by atoms with Gasteiger partial charge in [-0.25, -0.2) is 4.79 Å². The van der Waals surface area contributed by atoms with Crippen molar-refractivity contribution < 1.29 is 9.90 Å². The van der Waals surface area contributed by atoms with Crippen molar-refractivity contribution in [2.24, 2.45) is 0 Å². The summed E-state index contributed by atoms with van der Waals surface area (Å²) in [6.45, 7) is 1.05. The Hall–Kier alpha value is -2.20. The van der Waals surface area contributed by atoms with E-state index in [1.54, 1.807) is 18.2 Å². The summed E-state index contributed by atoms with van der Waals surface area (Å²) >= 11 is 0. The van der Waals surface area contributed by atoms with E-state index < -0.39 is 5.97 Å². The highest BCUT2D eigenvalue weighted by atomic mass is 16.4. The number of nitrogens with zero attached hydrogens (tertiary/aromatic N) is 1. The molecule has 0 amide bonds. The number of pyridine rings is 1. The predicted octanol–water partition coefficient (Wildman–Crippen LogP) is 2.87. The van der Waals surface area contributed by atoms with Gasteiger partial charge in [0.15, 0.2) is 0 Å². The zero-order chi connectivity index (χ0) is 13.9. The second-order valence-corrected chi connectivity index (χ2v) is 5.01. The second kappa shape index (κ2) is 5.43. The van der Waals surface area contributed by atoms with Crippen LogP contribution in [0.25, 0.3) is 11.1 Å². The highest BCUT2D eigenvalue weighted by Crippen LogP contribution is 2.24. The molecule has 2 N–H and O–H groups in total. The number of benzene rings is 1. The Labute approximate surface area is 117 Å². The maximum atomic E-state index is 11.0.